The molecule has 2 aromatic rings. The number of amides is 4. The molecule has 0 radical (unpaired) electrons. The number of hydrogen-bond acceptors (Lipinski definition) is 7. The normalized spacial score (nSPS) is 22.7. The van der Waals surface area contributed by atoms with Crippen LogP contribution >= 0.6 is 0 Å². The molecule has 0 bridgehead atoms. The van der Waals surface area contributed by atoms with E-state index in [-0.39, 0.29) is 24.4 Å². The van der Waals surface area contributed by atoms with Gasteiger partial charge in [-0.3, -0.25) is 19.8 Å². The fourth-order valence-electron chi connectivity index (χ4n) is 5.62. The van der Waals surface area contributed by atoms with Crippen LogP contribution in [-0.2, 0) is 11.3 Å². The maximum absolute atomic E-state index is 14.8. The van der Waals surface area contributed by atoms with Crippen molar-refractivity contribution in [2.24, 2.45) is 5.16 Å². The van der Waals surface area contributed by atoms with Crippen molar-refractivity contribution in [2.45, 2.75) is 31.0 Å². The minimum absolute atomic E-state index is 0.0501. The smallest absolute Gasteiger partial charge is 0.323 e. The number of halogens is 1. The van der Waals surface area contributed by atoms with Crippen LogP contribution in [0.15, 0.2) is 41.6 Å². The second-order valence-corrected chi connectivity index (χ2v) is 10.6. The van der Waals surface area contributed by atoms with E-state index in [9.17, 15) is 24.0 Å². The van der Waals surface area contributed by atoms with Gasteiger partial charge in [0.1, 0.15) is 0 Å². The molecule has 11 nitrogen and oxygen atoms in total. The number of hydrogen-bond donors (Lipinski definition) is 3. The Labute approximate surface area is 235 Å². The number of benzene rings is 2. The summed E-state index contributed by atoms with van der Waals surface area (Å²) in [6.07, 6.45) is 2.51. The summed E-state index contributed by atoms with van der Waals surface area (Å²) in [5, 5.41) is 18.0. The quantitative estimate of drug-likeness (QED) is 0.126. The van der Waals surface area contributed by atoms with Gasteiger partial charge in [-0.25, -0.2) is 9.18 Å². The van der Waals surface area contributed by atoms with Crippen molar-refractivity contribution < 1.29 is 28.7 Å². The molecule has 0 spiro atoms. The SMILES string of the molecule is COc1ccc2c(c1F)C(=O)N(C[C@@]1(C#Cc3ccc(C(=NO)N4CCN(C5CC5)CC4)cc3)NC(=O)NC1=O)C2. The zero-order valence-electron chi connectivity index (χ0n) is 22.4. The molecule has 41 heavy (non-hydrogen) atoms. The molecule has 1 atom stereocenters. The molecule has 3 N–H and O–H groups in total. The average molecular weight is 561 g/mol. The Balaban J connectivity index is 1.20. The second kappa shape index (κ2) is 10.4. The van der Waals surface area contributed by atoms with Gasteiger partial charge in [0.05, 0.1) is 19.2 Å². The standard InChI is InChI=1S/C29H29FN6O5/c1-41-22-9-6-20-16-36(26(37)23(20)24(22)30)17-29(27(38)31-28(39)32-29)11-10-18-2-4-19(5-3-18)25(33-40)35-14-12-34(13-15-35)21-7-8-21/h2-6,9,21,40H,7-8,12-17H2,1H3,(H2,31,32,38,39)/t29-/m1/s1. The molecule has 0 aromatic heterocycles. The Hall–Kier alpha value is -4.63. The van der Waals surface area contributed by atoms with Gasteiger partial charge in [0.2, 0.25) is 5.54 Å². The summed E-state index contributed by atoms with van der Waals surface area (Å²) in [7, 11) is 1.31. The molecule has 3 heterocycles. The molecular formula is C29H29FN6O5. The maximum atomic E-state index is 14.8. The number of rotatable bonds is 5. The Morgan fingerprint density at radius 1 is 1.12 bits per heavy atom. The Morgan fingerprint density at radius 2 is 1.85 bits per heavy atom. The molecule has 1 aliphatic carbocycles. The number of carbonyl (C=O) groups is 3. The molecule has 3 aliphatic heterocycles. The largest absolute Gasteiger partial charge is 0.494 e. The van der Waals surface area contributed by atoms with Crippen molar-refractivity contribution in [3.05, 3.63) is 64.5 Å². The summed E-state index contributed by atoms with van der Waals surface area (Å²) < 4.78 is 19.8. The lowest BCUT2D eigenvalue weighted by Crippen LogP contribution is -2.54. The molecule has 0 unspecified atom stereocenters. The van der Waals surface area contributed by atoms with Crippen LogP contribution in [0.4, 0.5) is 9.18 Å². The van der Waals surface area contributed by atoms with Gasteiger partial charge in [-0.05, 0) is 48.7 Å². The van der Waals surface area contributed by atoms with Crippen molar-refractivity contribution in [3.8, 4) is 17.6 Å². The molecule has 2 aromatic carbocycles. The zero-order chi connectivity index (χ0) is 28.7. The average Bonchev–Trinajstić information content (AvgIpc) is 3.72. The monoisotopic (exact) mass is 560 g/mol. The number of nitrogens with one attached hydrogen (secondary N) is 2. The first-order valence-electron chi connectivity index (χ1n) is 13.4. The lowest BCUT2D eigenvalue weighted by molar-refractivity contribution is -0.122. The van der Waals surface area contributed by atoms with Gasteiger partial charge in [-0.15, -0.1) is 0 Å². The van der Waals surface area contributed by atoms with Crippen LogP contribution in [0.3, 0.4) is 0 Å². The summed E-state index contributed by atoms with van der Waals surface area (Å²) in [4.78, 5) is 43.9. The van der Waals surface area contributed by atoms with E-state index in [4.69, 9.17) is 4.74 Å². The molecule has 2 saturated heterocycles. The minimum atomic E-state index is -1.73. The van der Waals surface area contributed by atoms with E-state index in [1.165, 1.54) is 30.9 Å². The number of methoxy groups -OCH3 is 1. The highest BCUT2D eigenvalue weighted by Gasteiger charge is 2.49. The Bertz CT molecular complexity index is 1500. The number of carbonyl (C=O) groups excluding carboxylic acids is 3. The third kappa shape index (κ3) is 4.93. The zero-order valence-corrected chi connectivity index (χ0v) is 22.4. The van der Waals surface area contributed by atoms with E-state index in [1.807, 2.05) is 0 Å². The van der Waals surface area contributed by atoms with Crippen LogP contribution in [0.2, 0.25) is 0 Å². The minimum Gasteiger partial charge on any atom is -0.494 e. The van der Waals surface area contributed by atoms with Gasteiger partial charge < -0.3 is 25.1 Å². The van der Waals surface area contributed by atoms with E-state index in [1.54, 1.807) is 30.3 Å². The van der Waals surface area contributed by atoms with Crippen molar-refractivity contribution >= 4 is 23.7 Å². The van der Waals surface area contributed by atoms with Crippen LogP contribution in [0.5, 0.6) is 5.75 Å². The number of oxime groups is 1. The number of urea groups is 1. The third-order valence-corrected chi connectivity index (χ3v) is 7.98. The van der Waals surface area contributed by atoms with Gasteiger partial charge in [-0.2, -0.15) is 0 Å². The summed E-state index contributed by atoms with van der Waals surface area (Å²) in [6, 6.07) is 10.0. The molecule has 4 aliphatic rings. The molecule has 212 valence electrons. The molecule has 3 fully saturated rings. The first-order chi connectivity index (χ1) is 19.8. The lowest BCUT2D eigenvalue weighted by atomic mass is 9.99. The topological polar surface area (TPSA) is 127 Å². The van der Waals surface area contributed by atoms with Crippen LogP contribution in [0.1, 0.15) is 39.9 Å². The highest BCUT2D eigenvalue weighted by molar-refractivity contribution is 6.10. The summed E-state index contributed by atoms with van der Waals surface area (Å²) in [5.74, 6) is 4.11. The fraction of sp³-hybridized carbons (Fsp3) is 0.379. The van der Waals surface area contributed by atoms with Gasteiger partial charge in [0, 0.05) is 49.9 Å². The number of imide groups is 1. The summed E-state index contributed by atoms with van der Waals surface area (Å²) >= 11 is 0. The highest BCUT2D eigenvalue weighted by Crippen LogP contribution is 2.32. The number of ether oxygens (including phenoxy) is 1. The number of nitrogens with zero attached hydrogens (tertiary/aromatic N) is 4. The van der Waals surface area contributed by atoms with Crippen molar-refractivity contribution in [1.29, 1.82) is 0 Å². The first kappa shape index (κ1) is 26.6. The molecule has 1 saturated carbocycles. The van der Waals surface area contributed by atoms with Crippen LogP contribution in [-0.4, -0.2) is 95.0 Å². The number of piperazine rings is 1. The van der Waals surface area contributed by atoms with Crippen molar-refractivity contribution in [1.82, 2.24) is 25.3 Å². The highest BCUT2D eigenvalue weighted by atomic mass is 19.1. The van der Waals surface area contributed by atoms with Gasteiger partial charge in [-0.1, -0.05) is 23.1 Å². The number of fused-ring (bicyclic) bond motifs is 1. The van der Waals surface area contributed by atoms with Crippen LogP contribution < -0.4 is 15.4 Å². The molecule has 4 amide bonds. The van der Waals surface area contributed by atoms with Gasteiger partial charge >= 0.3 is 6.03 Å². The van der Waals surface area contributed by atoms with Gasteiger partial charge in [0.25, 0.3) is 11.8 Å². The van der Waals surface area contributed by atoms with Crippen LogP contribution in [0.25, 0.3) is 0 Å². The van der Waals surface area contributed by atoms with E-state index in [0.717, 1.165) is 31.7 Å². The Kier molecular flexibility index (Phi) is 6.75. The van der Waals surface area contributed by atoms with Crippen molar-refractivity contribution in [2.75, 3.05) is 39.8 Å². The second-order valence-electron chi connectivity index (χ2n) is 10.6. The molecular weight excluding hydrogens is 531 g/mol. The van der Waals surface area contributed by atoms with E-state index in [2.05, 4.69) is 37.4 Å². The summed E-state index contributed by atoms with van der Waals surface area (Å²) in [5.41, 5.74) is -0.134. The van der Waals surface area contributed by atoms with E-state index >= 15 is 0 Å². The molecule has 6 rings (SSSR count). The summed E-state index contributed by atoms with van der Waals surface area (Å²) in [6.45, 7) is 3.16. The third-order valence-electron chi connectivity index (χ3n) is 7.98. The van der Waals surface area contributed by atoms with E-state index in [0.29, 0.717) is 23.0 Å². The van der Waals surface area contributed by atoms with Crippen LogP contribution in [0, 0.1) is 17.7 Å². The maximum Gasteiger partial charge on any atom is 0.323 e. The predicted octanol–water partition coefficient (Wildman–Crippen LogP) is 1.34. The van der Waals surface area contributed by atoms with Crippen molar-refractivity contribution in [3.63, 3.8) is 0 Å². The Morgan fingerprint density at radius 3 is 2.46 bits per heavy atom. The first-order valence-corrected chi connectivity index (χ1v) is 13.4. The predicted molar refractivity (Wildman–Crippen MR) is 145 cm³/mol. The van der Waals surface area contributed by atoms with E-state index < -0.39 is 29.2 Å². The number of amidine groups is 1. The lowest BCUT2D eigenvalue weighted by Gasteiger charge is -2.36. The van der Waals surface area contributed by atoms with Gasteiger partial charge in [0.15, 0.2) is 17.4 Å². The fourth-order valence-corrected chi connectivity index (χ4v) is 5.62. The molecule has 12 heteroatoms.